The van der Waals surface area contributed by atoms with Crippen molar-refractivity contribution in [3.05, 3.63) is 87.4 Å². The molecule has 0 saturated carbocycles. The van der Waals surface area contributed by atoms with Gasteiger partial charge in [0.25, 0.3) is 5.91 Å². The number of hydrogen-bond acceptors (Lipinski definition) is 3. The second-order valence-corrected chi connectivity index (χ2v) is 7.94. The lowest BCUT2D eigenvalue weighted by Crippen LogP contribution is -2.34. The number of anilines is 1. The minimum atomic E-state index is -0.262. The molecule has 0 aromatic heterocycles. The summed E-state index contributed by atoms with van der Waals surface area (Å²) in [6, 6.07) is 16.7. The lowest BCUT2D eigenvalue weighted by Gasteiger charge is -2.16. The molecule has 4 nitrogen and oxygen atoms in total. The number of rotatable bonds is 4. The highest BCUT2D eigenvalue weighted by Gasteiger charge is 2.13. The summed E-state index contributed by atoms with van der Waals surface area (Å²) < 4.78 is 6.08. The van der Waals surface area contributed by atoms with Crippen LogP contribution in [0.15, 0.2) is 54.6 Å². The predicted molar refractivity (Wildman–Crippen MR) is 127 cm³/mol. The lowest BCUT2D eigenvalue weighted by atomic mass is 10.1. The van der Waals surface area contributed by atoms with Crippen molar-refractivity contribution in [2.24, 2.45) is 0 Å². The number of ether oxygens (including phenoxy) is 1. The van der Waals surface area contributed by atoms with Gasteiger partial charge in [0.2, 0.25) is 0 Å². The van der Waals surface area contributed by atoms with E-state index < -0.39 is 0 Å². The molecule has 3 rings (SSSR count). The van der Waals surface area contributed by atoms with Crippen LogP contribution >= 0.6 is 23.8 Å². The van der Waals surface area contributed by atoms with Crippen LogP contribution in [0.5, 0.6) is 11.5 Å². The molecule has 0 saturated heterocycles. The van der Waals surface area contributed by atoms with Crippen molar-refractivity contribution in [1.29, 1.82) is 0 Å². The summed E-state index contributed by atoms with van der Waals surface area (Å²) in [4.78, 5) is 12.4. The minimum absolute atomic E-state index is 0.193. The predicted octanol–water partition coefficient (Wildman–Crippen LogP) is 6.49. The Bertz CT molecular complexity index is 1130. The summed E-state index contributed by atoms with van der Waals surface area (Å²) in [5.74, 6) is 1.09. The summed E-state index contributed by atoms with van der Waals surface area (Å²) >= 11 is 11.7. The average molecular weight is 439 g/mol. The Morgan fingerprint density at radius 3 is 2.33 bits per heavy atom. The highest BCUT2D eigenvalue weighted by Crippen LogP contribution is 2.35. The maximum Gasteiger partial charge on any atom is 0.257 e. The molecule has 0 bridgehead atoms. The Kier molecular flexibility index (Phi) is 6.75. The van der Waals surface area contributed by atoms with Gasteiger partial charge in [-0.15, -0.1) is 0 Å². The zero-order chi connectivity index (χ0) is 21.8. The zero-order valence-electron chi connectivity index (χ0n) is 17.3. The summed E-state index contributed by atoms with van der Waals surface area (Å²) in [5.41, 5.74) is 5.38. The smallest absolute Gasteiger partial charge is 0.257 e. The van der Waals surface area contributed by atoms with E-state index in [1.54, 1.807) is 24.3 Å². The Labute approximate surface area is 187 Å². The molecule has 0 aliphatic carbocycles. The van der Waals surface area contributed by atoms with E-state index in [1.807, 2.05) is 52.0 Å². The lowest BCUT2D eigenvalue weighted by molar-refractivity contribution is 0.0977. The second-order valence-electron chi connectivity index (χ2n) is 7.12. The van der Waals surface area contributed by atoms with Crippen LogP contribution in [0, 0.1) is 27.7 Å². The summed E-state index contributed by atoms with van der Waals surface area (Å²) in [5, 5.41) is 6.30. The molecule has 0 spiro atoms. The molecule has 3 aromatic rings. The van der Waals surface area contributed by atoms with Gasteiger partial charge in [0.05, 0.1) is 5.02 Å². The fraction of sp³-hybridized carbons (Fsp3) is 0.167. The van der Waals surface area contributed by atoms with E-state index in [0.717, 1.165) is 28.0 Å². The molecular weight excluding hydrogens is 416 g/mol. The molecule has 0 unspecified atom stereocenters. The Morgan fingerprint density at radius 2 is 1.63 bits per heavy atom. The van der Waals surface area contributed by atoms with Gasteiger partial charge in [-0.25, -0.2) is 0 Å². The third kappa shape index (κ3) is 4.99. The van der Waals surface area contributed by atoms with E-state index in [1.165, 1.54) is 0 Å². The fourth-order valence-corrected chi connectivity index (χ4v) is 3.44. The molecule has 0 aliphatic rings. The summed E-state index contributed by atoms with van der Waals surface area (Å²) in [6.45, 7) is 7.95. The van der Waals surface area contributed by atoms with Crippen molar-refractivity contribution in [2.75, 3.05) is 5.32 Å². The molecule has 30 heavy (non-hydrogen) atoms. The number of halogens is 1. The molecule has 3 aromatic carbocycles. The van der Waals surface area contributed by atoms with Gasteiger partial charge in [-0.3, -0.25) is 10.1 Å². The number of benzene rings is 3. The maximum absolute atomic E-state index is 12.4. The molecule has 1 amide bonds. The van der Waals surface area contributed by atoms with Gasteiger partial charge in [-0.2, -0.15) is 0 Å². The Balaban J connectivity index is 1.70. The van der Waals surface area contributed by atoms with Crippen LogP contribution < -0.4 is 15.4 Å². The summed E-state index contributed by atoms with van der Waals surface area (Å²) in [6.07, 6.45) is 0. The van der Waals surface area contributed by atoms with Crippen LogP contribution in [0.1, 0.15) is 32.6 Å². The maximum atomic E-state index is 12.4. The first-order valence-electron chi connectivity index (χ1n) is 9.48. The number of amides is 1. The van der Waals surface area contributed by atoms with Gasteiger partial charge in [0.1, 0.15) is 11.5 Å². The molecule has 0 heterocycles. The van der Waals surface area contributed by atoms with E-state index in [0.29, 0.717) is 22.0 Å². The van der Waals surface area contributed by atoms with Gasteiger partial charge < -0.3 is 10.1 Å². The van der Waals surface area contributed by atoms with Gasteiger partial charge in [0.15, 0.2) is 5.11 Å². The van der Waals surface area contributed by atoms with Crippen LogP contribution in [-0.4, -0.2) is 11.0 Å². The van der Waals surface area contributed by atoms with E-state index >= 15 is 0 Å². The van der Waals surface area contributed by atoms with Gasteiger partial charge in [-0.1, -0.05) is 41.9 Å². The average Bonchev–Trinajstić information content (AvgIpc) is 2.70. The zero-order valence-corrected chi connectivity index (χ0v) is 18.9. The monoisotopic (exact) mass is 438 g/mol. The van der Waals surface area contributed by atoms with E-state index in [9.17, 15) is 4.79 Å². The molecule has 2 N–H and O–H groups in total. The first kappa shape index (κ1) is 21.8. The van der Waals surface area contributed by atoms with Gasteiger partial charge in [-0.05, 0) is 86.4 Å². The number of thiocarbonyl (C=S) groups is 1. The van der Waals surface area contributed by atoms with Crippen LogP contribution in [0.25, 0.3) is 0 Å². The number of aryl methyl sites for hydroxylation is 3. The number of carbonyl (C=O) groups is 1. The van der Waals surface area contributed by atoms with Crippen LogP contribution in [0.3, 0.4) is 0 Å². The fourth-order valence-electron chi connectivity index (χ4n) is 3.01. The topological polar surface area (TPSA) is 50.4 Å². The normalized spacial score (nSPS) is 10.4. The molecule has 0 radical (unpaired) electrons. The van der Waals surface area contributed by atoms with Crippen molar-refractivity contribution in [3.63, 3.8) is 0 Å². The van der Waals surface area contributed by atoms with Crippen molar-refractivity contribution in [1.82, 2.24) is 5.32 Å². The van der Waals surface area contributed by atoms with E-state index in [-0.39, 0.29) is 11.0 Å². The van der Waals surface area contributed by atoms with Crippen molar-refractivity contribution in [2.45, 2.75) is 27.7 Å². The van der Waals surface area contributed by atoms with Crippen LogP contribution in [0.2, 0.25) is 5.02 Å². The number of hydrogen-bond donors (Lipinski definition) is 2. The third-order valence-corrected chi connectivity index (χ3v) is 5.39. The second kappa shape index (κ2) is 9.28. The van der Waals surface area contributed by atoms with Crippen LogP contribution in [0.4, 0.5) is 5.69 Å². The minimum Gasteiger partial charge on any atom is -0.455 e. The molecule has 154 valence electrons. The highest BCUT2D eigenvalue weighted by molar-refractivity contribution is 7.80. The first-order chi connectivity index (χ1) is 14.3. The first-order valence-corrected chi connectivity index (χ1v) is 10.3. The Hall–Kier alpha value is -2.89. The largest absolute Gasteiger partial charge is 0.455 e. The molecular formula is C24H23ClN2O2S. The summed E-state index contributed by atoms with van der Waals surface area (Å²) in [7, 11) is 0. The molecule has 6 heteroatoms. The highest BCUT2D eigenvalue weighted by atomic mass is 35.5. The van der Waals surface area contributed by atoms with Crippen molar-refractivity contribution >= 4 is 40.5 Å². The van der Waals surface area contributed by atoms with Gasteiger partial charge >= 0.3 is 0 Å². The quantitative estimate of drug-likeness (QED) is 0.457. The molecule has 0 atom stereocenters. The SMILES string of the molecule is Cc1ccccc1C(=O)NC(=S)Nc1ccc(Oc2c(C)ccc(C)c2C)c(Cl)c1. The van der Waals surface area contributed by atoms with E-state index in [4.69, 9.17) is 28.6 Å². The standard InChI is InChI=1S/C24H23ClN2O2S/c1-14-9-10-16(3)22(17(14)4)29-21-12-11-18(13-20(21)25)26-24(30)27-23(28)19-8-6-5-7-15(19)2/h5-13H,1-4H3,(H2,26,27,28,30). The Morgan fingerprint density at radius 1 is 0.933 bits per heavy atom. The van der Waals surface area contributed by atoms with Gasteiger partial charge in [0, 0.05) is 11.3 Å². The molecule has 0 aliphatic heterocycles. The van der Waals surface area contributed by atoms with E-state index in [2.05, 4.69) is 16.7 Å². The third-order valence-electron chi connectivity index (χ3n) is 4.89. The molecule has 0 fully saturated rings. The van der Waals surface area contributed by atoms with Crippen molar-refractivity contribution in [3.8, 4) is 11.5 Å². The van der Waals surface area contributed by atoms with Crippen LogP contribution in [-0.2, 0) is 0 Å². The number of carbonyl (C=O) groups excluding carboxylic acids is 1. The van der Waals surface area contributed by atoms with Crippen molar-refractivity contribution < 1.29 is 9.53 Å². The number of nitrogens with one attached hydrogen (secondary N) is 2.